The highest BCUT2D eigenvalue weighted by Gasteiger charge is 2.22. The number of benzene rings is 2. The summed E-state index contributed by atoms with van der Waals surface area (Å²) in [4.78, 5) is 40.6. The summed E-state index contributed by atoms with van der Waals surface area (Å²) >= 11 is 0. The number of fused-ring (bicyclic) bond motifs is 1. The van der Waals surface area contributed by atoms with Crippen LogP contribution in [0.2, 0.25) is 0 Å². The Labute approximate surface area is 195 Å². The second kappa shape index (κ2) is 10.3. The summed E-state index contributed by atoms with van der Waals surface area (Å²) < 4.78 is 16.0. The minimum Gasteiger partial charge on any atom is -0.480 e. The lowest BCUT2D eigenvalue weighted by molar-refractivity contribution is -0.139. The van der Waals surface area contributed by atoms with Crippen LogP contribution < -0.4 is 16.3 Å². The minimum absolute atomic E-state index is 0.159. The van der Waals surface area contributed by atoms with Crippen molar-refractivity contribution in [2.75, 3.05) is 17.2 Å². The van der Waals surface area contributed by atoms with Crippen LogP contribution in [0.25, 0.3) is 10.9 Å². The number of hydrogen-bond acceptors (Lipinski definition) is 8. The number of nitrogens with zero attached hydrogens (tertiary/aromatic N) is 1. The fraction of sp³-hybridized carbons (Fsp3) is 0.333. The van der Waals surface area contributed by atoms with Gasteiger partial charge in [-0.15, -0.1) is 0 Å². The molecule has 10 heteroatoms. The van der Waals surface area contributed by atoms with Gasteiger partial charge in [0.15, 0.2) is 6.04 Å². The molecule has 10 nitrogen and oxygen atoms in total. The van der Waals surface area contributed by atoms with Crippen LogP contribution >= 0.6 is 0 Å². The number of carbonyl (C=O) groups is 2. The molecule has 1 aromatic heterocycles. The van der Waals surface area contributed by atoms with Gasteiger partial charge in [-0.3, -0.25) is 5.32 Å². The maximum Gasteiger partial charge on any atom is 0.412 e. The molecule has 3 rings (SSSR count). The van der Waals surface area contributed by atoms with Crippen LogP contribution in [0.1, 0.15) is 31.9 Å². The van der Waals surface area contributed by atoms with Crippen molar-refractivity contribution in [3.63, 3.8) is 0 Å². The van der Waals surface area contributed by atoms with E-state index in [1.54, 1.807) is 33.8 Å². The van der Waals surface area contributed by atoms with Gasteiger partial charge in [0, 0.05) is 5.69 Å². The lowest BCUT2D eigenvalue weighted by Gasteiger charge is -2.20. The van der Waals surface area contributed by atoms with Crippen molar-refractivity contribution in [2.24, 2.45) is 0 Å². The number of aryl methyl sites for hydroxylation is 1. The van der Waals surface area contributed by atoms with Gasteiger partial charge < -0.3 is 24.3 Å². The van der Waals surface area contributed by atoms with E-state index in [1.165, 1.54) is 6.07 Å². The van der Waals surface area contributed by atoms with Crippen molar-refractivity contribution in [3.05, 3.63) is 64.0 Å². The van der Waals surface area contributed by atoms with Gasteiger partial charge in [-0.25, -0.2) is 14.4 Å². The fourth-order valence-corrected chi connectivity index (χ4v) is 3.12. The van der Waals surface area contributed by atoms with Gasteiger partial charge in [0.25, 0.3) is 6.01 Å². The van der Waals surface area contributed by atoms with Gasteiger partial charge in [0.1, 0.15) is 5.60 Å². The summed E-state index contributed by atoms with van der Waals surface area (Å²) in [5.74, 6) is -1.19. The third-order valence-electron chi connectivity index (χ3n) is 4.69. The molecule has 3 N–H and O–H groups in total. The summed E-state index contributed by atoms with van der Waals surface area (Å²) in [6.45, 7) is 6.91. The monoisotopic (exact) mass is 469 g/mol. The predicted octanol–water partition coefficient (Wildman–Crippen LogP) is 3.93. The molecule has 0 fully saturated rings. The molecule has 0 saturated heterocycles. The number of nitrogens with one attached hydrogen (secondary N) is 2. The number of anilines is 2. The van der Waals surface area contributed by atoms with Crippen molar-refractivity contribution in [1.29, 1.82) is 0 Å². The lowest BCUT2D eigenvalue weighted by Crippen LogP contribution is -2.34. The second-order valence-electron chi connectivity index (χ2n) is 8.60. The van der Waals surface area contributed by atoms with Crippen molar-refractivity contribution in [2.45, 2.75) is 45.9 Å². The molecule has 0 unspecified atom stereocenters. The van der Waals surface area contributed by atoms with E-state index in [0.717, 1.165) is 5.56 Å². The number of aliphatic carboxylic acids is 1. The van der Waals surface area contributed by atoms with Gasteiger partial charge >= 0.3 is 17.7 Å². The summed E-state index contributed by atoms with van der Waals surface area (Å²) in [6, 6.07) is 11.0. The fourth-order valence-electron chi connectivity index (χ4n) is 3.12. The Bertz CT molecular complexity index is 1230. The molecule has 1 heterocycles. The van der Waals surface area contributed by atoms with Crippen molar-refractivity contribution < 1.29 is 28.6 Å². The zero-order valence-corrected chi connectivity index (χ0v) is 19.4. The topological polar surface area (TPSA) is 140 Å². The molecule has 34 heavy (non-hydrogen) atoms. The van der Waals surface area contributed by atoms with E-state index >= 15 is 0 Å². The van der Waals surface area contributed by atoms with Gasteiger partial charge in [0.05, 0.1) is 24.1 Å². The Morgan fingerprint density at radius 1 is 1.15 bits per heavy atom. The average Bonchev–Trinajstić information content (AvgIpc) is 2.74. The number of hydrogen-bond donors (Lipinski definition) is 3. The third-order valence-corrected chi connectivity index (χ3v) is 4.69. The Morgan fingerprint density at radius 3 is 2.50 bits per heavy atom. The Morgan fingerprint density at radius 2 is 1.85 bits per heavy atom. The molecular weight excluding hydrogens is 442 g/mol. The molecular formula is C24H27N3O7. The summed E-state index contributed by atoms with van der Waals surface area (Å²) in [6.07, 6.45) is -0.662. The smallest absolute Gasteiger partial charge is 0.412 e. The van der Waals surface area contributed by atoms with E-state index in [0.29, 0.717) is 11.3 Å². The molecule has 3 aromatic rings. The number of carbonyl (C=O) groups excluding carboxylic acids is 1. The molecule has 1 amide bonds. The molecule has 180 valence electrons. The number of aromatic nitrogens is 1. The molecule has 0 aliphatic heterocycles. The second-order valence-corrected chi connectivity index (χ2v) is 8.60. The molecule has 0 saturated carbocycles. The van der Waals surface area contributed by atoms with E-state index in [4.69, 9.17) is 13.9 Å². The number of ether oxygens (including phenoxy) is 2. The summed E-state index contributed by atoms with van der Waals surface area (Å²) in [5, 5.41) is 14.9. The minimum atomic E-state index is -1.19. The van der Waals surface area contributed by atoms with E-state index < -0.39 is 29.3 Å². The zero-order chi connectivity index (χ0) is 24.9. The van der Waals surface area contributed by atoms with Crippen molar-refractivity contribution in [1.82, 2.24) is 4.98 Å². The van der Waals surface area contributed by atoms with E-state index in [2.05, 4.69) is 15.6 Å². The summed E-state index contributed by atoms with van der Waals surface area (Å²) in [5.41, 5.74) is 0.578. The molecule has 0 bridgehead atoms. The number of carboxylic acid groups (broad SMARTS) is 1. The van der Waals surface area contributed by atoms with E-state index in [-0.39, 0.29) is 30.1 Å². The highest BCUT2D eigenvalue weighted by atomic mass is 16.6. The standard InChI is InChI=1S/C24H27N3O7/c1-14-16(27-23(31)34-24(2,3)4)10-11-17-19(14)21(30)33-22(25-17)26-18(20(28)29)13-32-12-15-8-6-5-7-9-15/h5-11,18H,12-13H2,1-4H3,(H,25,26)(H,27,31)(H,28,29)/t18-/m0/s1. The quantitative estimate of drug-likeness (QED) is 0.448. The molecule has 2 aromatic carbocycles. The number of rotatable bonds is 8. The SMILES string of the molecule is Cc1c(NC(=O)OC(C)(C)C)ccc2nc(N[C@@H](COCc3ccccc3)C(=O)O)oc(=O)c12. The maximum absolute atomic E-state index is 12.7. The molecule has 0 spiro atoms. The van der Waals surface area contributed by atoms with Crippen molar-refractivity contribution >= 4 is 34.7 Å². The van der Waals surface area contributed by atoms with Crippen LogP contribution in [-0.2, 0) is 20.9 Å². The Hall–Kier alpha value is -3.92. The summed E-state index contributed by atoms with van der Waals surface area (Å²) in [7, 11) is 0. The van der Waals surface area contributed by atoms with Crippen LogP contribution in [0, 0.1) is 6.92 Å². The molecule has 0 aliphatic rings. The number of amides is 1. The highest BCUT2D eigenvalue weighted by molar-refractivity contribution is 5.93. The Balaban J connectivity index is 1.76. The first-order valence-corrected chi connectivity index (χ1v) is 10.6. The lowest BCUT2D eigenvalue weighted by atomic mass is 10.1. The van der Waals surface area contributed by atoms with Gasteiger partial charge in [-0.05, 0) is 51.0 Å². The average molecular weight is 469 g/mol. The third kappa shape index (κ3) is 6.55. The van der Waals surface area contributed by atoms with Gasteiger partial charge in [-0.2, -0.15) is 4.98 Å². The molecule has 0 radical (unpaired) electrons. The predicted molar refractivity (Wildman–Crippen MR) is 126 cm³/mol. The van der Waals surface area contributed by atoms with Crippen LogP contribution in [0.4, 0.5) is 16.5 Å². The molecule has 0 aliphatic carbocycles. The van der Waals surface area contributed by atoms with Crippen LogP contribution in [0.5, 0.6) is 0 Å². The van der Waals surface area contributed by atoms with Crippen LogP contribution in [-0.4, -0.2) is 40.4 Å². The van der Waals surface area contributed by atoms with Gasteiger partial charge in [-0.1, -0.05) is 30.3 Å². The maximum atomic E-state index is 12.7. The largest absolute Gasteiger partial charge is 0.480 e. The highest BCUT2D eigenvalue weighted by Crippen LogP contribution is 2.24. The zero-order valence-electron chi connectivity index (χ0n) is 19.4. The van der Waals surface area contributed by atoms with Crippen LogP contribution in [0.15, 0.2) is 51.7 Å². The first kappa shape index (κ1) is 24.7. The van der Waals surface area contributed by atoms with Crippen LogP contribution in [0.3, 0.4) is 0 Å². The van der Waals surface area contributed by atoms with Gasteiger partial charge in [0.2, 0.25) is 0 Å². The normalized spacial score (nSPS) is 12.2. The van der Waals surface area contributed by atoms with Crippen molar-refractivity contribution in [3.8, 4) is 0 Å². The first-order valence-electron chi connectivity index (χ1n) is 10.6. The number of carboxylic acids is 1. The van der Waals surface area contributed by atoms with E-state index in [1.807, 2.05) is 30.3 Å². The molecule has 1 atom stereocenters. The first-order chi connectivity index (χ1) is 16.0. The van der Waals surface area contributed by atoms with E-state index in [9.17, 15) is 19.5 Å². The Kier molecular flexibility index (Phi) is 7.52.